The van der Waals surface area contributed by atoms with E-state index in [1.54, 1.807) is 0 Å². The van der Waals surface area contributed by atoms with Crippen molar-refractivity contribution in [3.8, 4) is 0 Å². The van der Waals surface area contributed by atoms with Crippen LogP contribution in [-0.2, 0) is 12.8 Å². The van der Waals surface area contributed by atoms with Gasteiger partial charge in [0.15, 0.2) is 0 Å². The molecule has 0 saturated carbocycles. The van der Waals surface area contributed by atoms with E-state index >= 15 is 0 Å². The Morgan fingerprint density at radius 1 is 1.17 bits per heavy atom. The van der Waals surface area contributed by atoms with Crippen molar-refractivity contribution in [2.45, 2.75) is 46.1 Å². The molecular weight excluding hydrogens is 348 g/mol. The van der Waals surface area contributed by atoms with Crippen molar-refractivity contribution in [2.75, 3.05) is 13.1 Å². The van der Waals surface area contributed by atoms with E-state index in [0.29, 0.717) is 0 Å². The average molecular weight is 373 g/mol. The molecule has 0 fully saturated rings. The topological polar surface area (TPSA) is 16.1 Å². The molecule has 1 aliphatic rings. The van der Waals surface area contributed by atoms with Crippen LogP contribution in [-0.4, -0.2) is 23.0 Å². The normalized spacial score (nSPS) is 16.8. The fourth-order valence-corrected chi connectivity index (χ4v) is 4.08. The zero-order valence-electron chi connectivity index (χ0n) is 14.3. The van der Waals surface area contributed by atoms with E-state index in [2.05, 4.69) is 65.9 Å². The van der Waals surface area contributed by atoms with E-state index < -0.39 is 0 Å². The average Bonchev–Trinajstić information content (AvgIpc) is 2.69. The lowest BCUT2D eigenvalue weighted by atomic mass is 9.95. The van der Waals surface area contributed by atoms with Gasteiger partial charge in [0.2, 0.25) is 0 Å². The number of nitrogens with zero attached hydrogens (tertiary/aromatic N) is 2. The maximum Gasteiger partial charge on any atom is 0.0781 e. The number of rotatable bonds is 4. The first-order valence-corrected chi connectivity index (χ1v) is 9.41. The highest BCUT2D eigenvalue weighted by Gasteiger charge is 2.29. The molecule has 0 saturated heterocycles. The molecule has 2 nitrogen and oxygen atoms in total. The van der Waals surface area contributed by atoms with Crippen molar-refractivity contribution in [3.63, 3.8) is 0 Å². The molecule has 3 heteroatoms. The van der Waals surface area contributed by atoms with Crippen LogP contribution in [0.3, 0.4) is 0 Å². The third kappa shape index (κ3) is 3.36. The molecule has 0 spiro atoms. The van der Waals surface area contributed by atoms with Crippen LogP contribution < -0.4 is 0 Å². The second-order valence-electron chi connectivity index (χ2n) is 6.43. The Balaban J connectivity index is 2.17. The quantitative estimate of drug-likeness (QED) is 0.744. The van der Waals surface area contributed by atoms with Crippen LogP contribution >= 0.6 is 15.9 Å². The summed E-state index contributed by atoms with van der Waals surface area (Å²) in [6.07, 6.45) is 5.28. The molecule has 0 radical (unpaired) electrons. The maximum absolute atomic E-state index is 4.84. The highest BCUT2D eigenvalue weighted by molar-refractivity contribution is 9.10. The zero-order chi connectivity index (χ0) is 16.4. The van der Waals surface area contributed by atoms with Crippen molar-refractivity contribution in [3.05, 3.63) is 62.9 Å². The van der Waals surface area contributed by atoms with Gasteiger partial charge in [0.25, 0.3) is 0 Å². The van der Waals surface area contributed by atoms with Gasteiger partial charge in [-0.15, -0.1) is 0 Å². The molecule has 2 aromatic rings. The summed E-state index contributed by atoms with van der Waals surface area (Å²) in [6, 6.07) is 9.47. The Bertz CT molecular complexity index is 643. The predicted molar refractivity (Wildman–Crippen MR) is 99.9 cm³/mol. The summed E-state index contributed by atoms with van der Waals surface area (Å²) in [6.45, 7) is 8.85. The molecule has 1 aliphatic carbocycles. The first-order chi connectivity index (χ1) is 11.1. The number of hydrogen-bond donors (Lipinski definition) is 0. The van der Waals surface area contributed by atoms with Crippen molar-refractivity contribution < 1.29 is 0 Å². The molecule has 0 N–H and O–H groups in total. The van der Waals surface area contributed by atoms with E-state index in [1.807, 2.05) is 6.20 Å². The summed E-state index contributed by atoms with van der Waals surface area (Å²) in [5.74, 6) is 0. The van der Waals surface area contributed by atoms with Crippen LogP contribution in [0.4, 0.5) is 0 Å². The number of fused-ring (bicyclic) bond motifs is 2. The Morgan fingerprint density at radius 2 is 1.96 bits per heavy atom. The van der Waals surface area contributed by atoms with E-state index in [4.69, 9.17) is 4.98 Å². The summed E-state index contributed by atoms with van der Waals surface area (Å²) in [5.41, 5.74) is 6.90. The number of hydrogen-bond acceptors (Lipinski definition) is 2. The molecule has 1 aromatic heterocycles. The van der Waals surface area contributed by atoms with Gasteiger partial charge in [-0.25, -0.2) is 0 Å². The van der Waals surface area contributed by atoms with Gasteiger partial charge in [0, 0.05) is 10.7 Å². The van der Waals surface area contributed by atoms with Crippen LogP contribution in [0, 0.1) is 6.92 Å². The fraction of sp³-hybridized carbons (Fsp3) is 0.450. The summed E-state index contributed by atoms with van der Waals surface area (Å²) in [4.78, 5) is 7.41. The summed E-state index contributed by atoms with van der Waals surface area (Å²) in [7, 11) is 0. The van der Waals surface area contributed by atoms with Crippen LogP contribution in [0.5, 0.6) is 0 Å². The Kier molecular flexibility index (Phi) is 5.17. The van der Waals surface area contributed by atoms with Crippen molar-refractivity contribution in [1.29, 1.82) is 0 Å². The molecule has 0 aliphatic heterocycles. The largest absolute Gasteiger partial charge is 0.291 e. The first kappa shape index (κ1) is 16.7. The van der Waals surface area contributed by atoms with Gasteiger partial charge in [0.05, 0.1) is 11.7 Å². The lowest BCUT2D eigenvalue weighted by molar-refractivity contribution is 0.233. The van der Waals surface area contributed by atoms with Crippen LogP contribution in [0.2, 0.25) is 0 Å². The van der Waals surface area contributed by atoms with E-state index in [-0.39, 0.29) is 6.04 Å². The molecule has 122 valence electrons. The number of benzene rings is 1. The molecule has 23 heavy (non-hydrogen) atoms. The molecular formula is C20H25BrN2. The van der Waals surface area contributed by atoms with Gasteiger partial charge in [-0.1, -0.05) is 37.6 Å². The van der Waals surface area contributed by atoms with E-state index in [1.165, 1.54) is 27.9 Å². The number of aryl methyl sites for hydroxylation is 3. The molecule has 1 heterocycles. The SMILES string of the molecule is CCCN(CC)C1c2ccc(C)cc2CCc2cc(Br)cnc21. The van der Waals surface area contributed by atoms with Gasteiger partial charge in [0.1, 0.15) is 0 Å². The van der Waals surface area contributed by atoms with Crippen molar-refractivity contribution in [1.82, 2.24) is 9.88 Å². The third-order valence-corrected chi connectivity index (χ3v) is 5.20. The van der Waals surface area contributed by atoms with Gasteiger partial charge in [-0.2, -0.15) is 0 Å². The Morgan fingerprint density at radius 3 is 2.70 bits per heavy atom. The van der Waals surface area contributed by atoms with Crippen molar-refractivity contribution >= 4 is 15.9 Å². The second-order valence-corrected chi connectivity index (χ2v) is 7.35. The summed E-state index contributed by atoms with van der Waals surface area (Å²) in [5, 5.41) is 0. The fourth-order valence-electron chi connectivity index (χ4n) is 3.70. The number of aromatic nitrogens is 1. The molecule has 3 rings (SSSR count). The van der Waals surface area contributed by atoms with E-state index in [0.717, 1.165) is 36.8 Å². The predicted octanol–water partition coefficient (Wildman–Crippen LogP) is 5.07. The minimum absolute atomic E-state index is 0.279. The zero-order valence-corrected chi connectivity index (χ0v) is 15.9. The third-order valence-electron chi connectivity index (χ3n) is 4.77. The van der Waals surface area contributed by atoms with Crippen LogP contribution in [0.1, 0.15) is 54.3 Å². The minimum atomic E-state index is 0.279. The smallest absolute Gasteiger partial charge is 0.0781 e. The van der Waals surface area contributed by atoms with Gasteiger partial charge >= 0.3 is 0 Å². The van der Waals surface area contributed by atoms with Crippen LogP contribution in [0.15, 0.2) is 34.9 Å². The number of halogens is 1. The molecule has 1 atom stereocenters. The Labute approximate surface area is 148 Å². The van der Waals surface area contributed by atoms with Crippen LogP contribution in [0.25, 0.3) is 0 Å². The summed E-state index contributed by atoms with van der Waals surface area (Å²) >= 11 is 3.59. The lowest BCUT2D eigenvalue weighted by Crippen LogP contribution is -2.31. The standard InChI is InChI=1S/C20H25BrN2/c1-4-10-23(5-2)20-18-9-6-14(3)11-15(18)7-8-16-12-17(21)13-22-19(16)20/h6,9,11-13,20H,4-5,7-8,10H2,1-3H3. The monoisotopic (exact) mass is 372 g/mol. The van der Waals surface area contributed by atoms with Gasteiger partial charge < -0.3 is 0 Å². The molecule has 0 amide bonds. The molecule has 0 bridgehead atoms. The van der Waals surface area contributed by atoms with Gasteiger partial charge in [-0.05, 0) is 78.0 Å². The maximum atomic E-state index is 4.84. The minimum Gasteiger partial charge on any atom is -0.291 e. The van der Waals surface area contributed by atoms with Crippen molar-refractivity contribution in [2.24, 2.45) is 0 Å². The van der Waals surface area contributed by atoms with Gasteiger partial charge in [-0.3, -0.25) is 9.88 Å². The highest BCUT2D eigenvalue weighted by Crippen LogP contribution is 2.36. The first-order valence-electron chi connectivity index (χ1n) is 8.61. The number of pyridine rings is 1. The second kappa shape index (κ2) is 7.14. The molecule has 1 unspecified atom stereocenters. The Hall–Kier alpha value is -1.19. The lowest BCUT2D eigenvalue weighted by Gasteiger charge is -2.31. The molecule has 1 aromatic carbocycles. The van der Waals surface area contributed by atoms with E-state index in [9.17, 15) is 0 Å². The summed E-state index contributed by atoms with van der Waals surface area (Å²) < 4.78 is 1.08. The highest BCUT2D eigenvalue weighted by atomic mass is 79.9.